The Labute approximate surface area is 171 Å². The van der Waals surface area contributed by atoms with Crippen LogP contribution in [0.15, 0.2) is 14.3 Å². The van der Waals surface area contributed by atoms with Gasteiger partial charge in [-0.1, -0.05) is 17.3 Å². The molecule has 4 rings (SSSR count). The molecule has 1 saturated heterocycles. The van der Waals surface area contributed by atoms with E-state index in [1.807, 2.05) is 11.5 Å². The highest BCUT2D eigenvalue weighted by Crippen LogP contribution is 2.29. The summed E-state index contributed by atoms with van der Waals surface area (Å²) in [6, 6.07) is 0. The zero-order valence-electron chi connectivity index (χ0n) is 16.1. The predicted octanol–water partition coefficient (Wildman–Crippen LogP) is 2.45. The Hall–Kier alpha value is -2.38. The average Bonchev–Trinajstić information content (AvgIpc) is 3.28. The van der Waals surface area contributed by atoms with Gasteiger partial charge in [0.05, 0.1) is 6.54 Å². The van der Waals surface area contributed by atoms with Crippen molar-refractivity contribution in [1.82, 2.24) is 29.3 Å². The van der Waals surface area contributed by atoms with Crippen LogP contribution in [0.5, 0.6) is 0 Å². The highest BCUT2D eigenvalue weighted by atomic mass is 32.2. The first-order chi connectivity index (χ1) is 13.6. The number of anilines is 1. The van der Waals surface area contributed by atoms with Gasteiger partial charge in [0.2, 0.25) is 5.95 Å². The quantitative estimate of drug-likeness (QED) is 0.478. The maximum atomic E-state index is 13.2. The van der Waals surface area contributed by atoms with Crippen molar-refractivity contribution in [2.24, 2.45) is 7.05 Å². The Bertz CT molecular complexity index is 1130. The van der Waals surface area contributed by atoms with Gasteiger partial charge in [-0.05, 0) is 44.9 Å². The Kier molecular flexibility index (Phi) is 5.37. The van der Waals surface area contributed by atoms with Gasteiger partial charge in [-0.3, -0.25) is 13.9 Å². The molecule has 28 heavy (non-hydrogen) atoms. The molecule has 1 aliphatic rings. The first-order valence-corrected chi connectivity index (χ1v) is 10.8. The van der Waals surface area contributed by atoms with Gasteiger partial charge >= 0.3 is 0 Å². The van der Waals surface area contributed by atoms with E-state index >= 15 is 0 Å². The van der Waals surface area contributed by atoms with Crippen LogP contribution in [0.25, 0.3) is 11.2 Å². The van der Waals surface area contributed by atoms with Crippen LogP contribution in [0.1, 0.15) is 31.2 Å². The molecular weight excluding hydrogens is 394 g/mol. The van der Waals surface area contributed by atoms with E-state index in [-0.39, 0.29) is 5.56 Å². The van der Waals surface area contributed by atoms with Crippen molar-refractivity contribution in [1.29, 1.82) is 0 Å². The number of aromatic nitrogens is 6. The molecule has 0 aliphatic carbocycles. The van der Waals surface area contributed by atoms with Crippen LogP contribution in [0.2, 0.25) is 0 Å². The van der Waals surface area contributed by atoms with Gasteiger partial charge in [0, 0.05) is 20.1 Å². The van der Waals surface area contributed by atoms with Crippen molar-refractivity contribution in [2.75, 3.05) is 18.0 Å². The first kappa shape index (κ1) is 19.0. The third-order valence-electron chi connectivity index (χ3n) is 4.66. The van der Waals surface area contributed by atoms with Gasteiger partial charge in [0.15, 0.2) is 20.7 Å². The van der Waals surface area contributed by atoms with Gasteiger partial charge in [-0.15, -0.1) is 16.1 Å². The minimum absolute atomic E-state index is 0.123. The monoisotopic (exact) mass is 415 g/mol. The van der Waals surface area contributed by atoms with Gasteiger partial charge in [-0.25, -0.2) is 4.98 Å². The Balaban J connectivity index is 1.84. The van der Waals surface area contributed by atoms with Crippen LogP contribution in [-0.4, -0.2) is 42.4 Å². The summed E-state index contributed by atoms with van der Waals surface area (Å²) in [5.41, 5.74) is 0.844. The van der Waals surface area contributed by atoms with Crippen molar-refractivity contribution in [3.05, 3.63) is 15.4 Å². The lowest BCUT2D eigenvalue weighted by molar-refractivity contribution is 0.561. The largest absolute Gasteiger partial charge is 0.342 e. The van der Waals surface area contributed by atoms with E-state index < -0.39 is 0 Å². The van der Waals surface area contributed by atoms with Crippen molar-refractivity contribution in [3.8, 4) is 11.8 Å². The molecule has 0 bridgehead atoms. The molecule has 0 unspecified atom stereocenters. The molecule has 8 nitrogen and oxygen atoms in total. The Morgan fingerprint density at radius 3 is 2.64 bits per heavy atom. The number of aryl methyl sites for hydroxylation is 1. The van der Waals surface area contributed by atoms with E-state index in [4.69, 9.17) is 4.98 Å². The van der Waals surface area contributed by atoms with Crippen LogP contribution in [0.4, 0.5) is 5.95 Å². The minimum atomic E-state index is -0.123. The first-order valence-electron chi connectivity index (χ1n) is 9.18. The molecule has 4 heterocycles. The Morgan fingerprint density at radius 1 is 1.18 bits per heavy atom. The van der Waals surface area contributed by atoms with Crippen molar-refractivity contribution < 1.29 is 0 Å². The normalized spacial score (nSPS) is 14.3. The molecule has 10 heteroatoms. The van der Waals surface area contributed by atoms with Crippen molar-refractivity contribution >= 4 is 40.2 Å². The summed E-state index contributed by atoms with van der Waals surface area (Å²) >= 11 is 2.82. The van der Waals surface area contributed by atoms with Gasteiger partial charge in [0.25, 0.3) is 5.56 Å². The van der Waals surface area contributed by atoms with E-state index in [9.17, 15) is 4.79 Å². The SMILES string of the molecule is CC#CCn1c(N2CCCCC2)nc2nc(Sc3nnc(C)s3)n(C)c(=O)c21. The molecule has 0 radical (unpaired) electrons. The number of imidazole rings is 1. The number of hydrogen-bond donors (Lipinski definition) is 0. The smallest absolute Gasteiger partial charge is 0.280 e. The van der Waals surface area contributed by atoms with Crippen LogP contribution in [0, 0.1) is 18.8 Å². The molecule has 146 valence electrons. The van der Waals surface area contributed by atoms with E-state index in [0.717, 1.165) is 41.2 Å². The average molecular weight is 416 g/mol. The molecule has 0 aromatic carbocycles. The third-order valence-corrected chi connectivity index (χ3v) is 6.60. The van der Waals surface area contributed by atoms with E-state index in [1.165, 1.54) is 29.5 Å². The molecule has 1 fully saturated rings. The zero-order valence-corrected chi connectivity index (χ0v) is 17.7. The lowest BCUT2D eigenvalue weighted by atomic mass is 10.1. The lowest BCUT2D eigenvalue weighted by Crippen LogP contribution is -2.32. The third kappa shape index (κ3) is 3.52. The Morgan fingerprint density at radius 2 is 1.96 bits per heavy atom. The predicted molar refractivity (Wildman–Crippen MR) is 111 cm³/mol. The molecule has 1 aliphatic heterocycles. The summed E-state index contributed by atoms with van der Waals surface area (Å²) in [7, 11) is 1.73. The number of nitrogens with zero attached hydrogens (tertiary/aromatic N) is 7. The molecule has 3 aromatic rings. The van der Waals surface area contributed by atoms with Gasteiger partial charge in [-0.2, -0.15) is 4.98 Å². The maximum Gasteiger partial charge on any atom is 0.280 e. The van der Waals surface area contributed by atoms with Gasteiger partial charge < -0.3 is 4.90 Å². The number of rotatable bonds is 4. The second-order valence-corrected chi connectivity index (χ2v) is 8.99. The fourth-order valence-corrected chi connectivity index (χ4v) is 5.02. The zero-order chi connectivity index (χ0) is 19.7. The fourth-order valence-electron chi connectivity index (χ4n) is 3.26. The molecule has 3 aromatic heterocycles. The highest BCUT2D eigenvalue weighted by molar-refractivity contribution is 8.00. The van der Waals surface area contributed by atoms with E-state index in [2.05, 4.69) is 31.9 Å². The van der Waals surface area contributed by atoms with Crippen LogP contribution in [-0.2, 0) is 13.6 Å². The van der Waals surface area contributed by atoms with Crippen LogP contribution < -0.4 is 10.5 Å². The van der Waals surface area contributed by atoms with E-state index in [0.29, 0.717) is 22.9 Å². The second kappa shape index (κ2) is 7.93. The van der Waals surface area contributed by atoms with Gasteiger partial charge in [0.1, 0.15) is 5.01 Å². The molecular formula is C18H21N7OS2. The topological polar surface area (TPSA) is 81.7 Å². The number of piperidine rings is 1. The molecule has 0 atom stereocenters. The summed E-state index contributed by atoms with van der Waals surface area (Å²) in [5.74, 6) is 6.78. The lowest BCUT2D eigenvalue weighted by Gasteiger charge is -2.27. The second-order valence-electron chi connectivity index (χ2n) is 6.59. The van der Waals surface area contributed by atoms with Crippen LogP contribution >= 0.6 is 23.1 Å². The molecule has 0 saturated carbocycles. The summed E-state index contributed by atoms with van der Waals surface area (Å²) in [5, 5.41) is 9.59. The van der Waals surface area contributed by atoms with Crippen LogP contribution in [0.3, 0.4) is 0 Å². The van der Waals surface area contributed by atoms with Crippen molar-refractivity contribution in [2.45, 2.75) is 49.2 Å². The highest BCUT2D eigenvalue weighted by Gasteiger charge is 2.23. The summed E-state index contributed by atoms with van der Waals surface area (Å²) in [4.78, 5) is 24.8. The standard InChI is InChI=1S/C18H21N7OS2/c1-4-5-11-25-13-14(19-16(25)24-9-7-6-8-10-24)20-17(23(3)15(13)26)28-18-22-21-12(2)27-18/h6-11H2,1-3H3. The maximum absolute atomic E-state index is 13.2. The molecule has 0 amide bonds. The number of hydrogen-bond acceptors (Lipinski definition) is 8. The van der Waals surface area contributed by atoms with E-state index in [1.54, 1.807) is 18.5 Å². The summed E-state index contributed by atoms with van der Waals surface area (Å²) in [6.45, 7) is 6.01. The minimum Gasteiger partial charge on any atom is -0.342 e. The fraction of sp³-hybridized carbons (Fsp3) is 0.500. The summed E-state index contributed by atoms with van der Waals surface area (Å²) in [6.07, 6.45) is 3.49. The molecule has 0 spiro atoms. The number of fused-ring (bicyclic) bond motifs is 1. The molecule has 0 N–H and O–H groups in total. The van der Waals surface area contributed by atoms with Crippen molar-refractivity contribution in [3.63, 3.8) is 0 Å². The summed E-state index contributed by atoms with van der Waals surface area (Å²) < 4.78 is 4.23.